The van der Waals surface area contributed by atoms with Crippen molar-refractivity contribution in [1.82, 2.24) is 14.7 Å². The molecule has 0 spiro atoms. The maximum atomic E-state index is 11.9. The van der Waals surface area contributed by atoms with Crippen LogP contribution in [0.2, 0.25) is 5.02 Å². The first-order valence-corrected chi connectivity index (χ1v) is 7.06. The summed E-state index contributed by atoms with van der Waals surface area (Å²) < 4.78 is 1.97. The van der Waals surface area contributed by atoms with Crippen molar-refractivity contribution in [2.75, 3.05) is 6.54 Å². The molecule has 1 aromatic carbocycles. The molecule has 0 aliphatic heterocycles. The second kappa shape index (κ2) is 5.97. The van der Waals surface area contributed by atoms with Gasteiger partial charge in [-0.15, -0.1) is 0 Å². The third-order valence-corrected chi connectivity index (χ3v) is 3.44. The molecule has 0 bridgehead atoms. The average Bonchev–Trinajstić information content (AvgIpc) is 2.90. The molecule has 2 aromatic heterocycles. The number of aromatic nitrogens is 2. The van der Waals surface area contributed by atoms with Crippen LogP contribution in [0.4, 0.5) is 0 Å². The number of hydrogen-bond donors (Lipinski definition) is 1. The van der Waals surface area contributed by atoms with Crippen LogP contribution in [0.25, 0.3) is 5.65 Å². The monoisotopic (exact) mass is 299 g/mol. The highest BCUT2D eigenvalue weighted by Gasteiger charge is 2.05. The van der Waals surface area contributed by atoms with Gasteiger partial charge in [-0.3, -0.25) is 4.79 Å². The van der Waals surface area contributed by atoms with Gasteiger partial charge in [0.1, 0.15) is 5.65 Å². The van der Waals surface area contributed by atoms with Gasteiger partial charge in [-0.1, -0.05) is 17.7 Å². The van der Waals surface area contributed by atoms with Crippen LogP contribution in [0, 0.1) is 0 Å². The molecule has 0 aliphatic carbocycles. The van der Waals surface area contributed by atoms with Crippen molar-refractivity contribution in [3.8, 4) is 0 Å². The molecule has 0 radical (unpaired) electrons. The average molecular weight is 300 g/mol. The number of benzene rings is 1. The number of imidazole rings is 1. The van der Waals surface area contributed by atoms with Crippen LogP contribution < -0.4 is 5.32 Å². The van der Waals surface area contributed by atoms with Gasteiger partial charge in [0.15, 0.2) is 0 Å². The zero-order valence-electron chi connectivity index (χ0n) is 11.3. The fourth-order valence-corrected chi connectivity index (χ4v) is 2.24. The van der Waals surface area contributed by atoms with Gasteiger partial charge >= 0.3 is 0 Å². The Labute approximate surface area is 127 Å². The molecule has 0 saturated carbocycles. The van der Waals surface area contributed by atoms with Crippen LogP contribution in [-0.2, 0) is 6.42 Å². The predicted molar refractivity (Wildman–Crippen MR) is 82.7 cm³/mol. The minimum absolute atomic E-state index is 0.101. The highest BCUT2D eigenvalue weighted by molar-refractivity contribution is 6.30. The molecule has 0 aliphatic rings. The molecule has 5 heteroatoms. The Kier molecular flexibility index (Phi) is 3.88. The van der Waals surface area contributed by atoms with E-state index in [1.165, 1.54) is 0 Å². The Morgan fingerprint density at radius 3 is 2.76 bits per heavy atom. The number of halogens is 1. The number of nitrogens with zero attached hydrogens (tertiary/aromatic N) is 2. The van der Waals surface area contributed by atoms with Gasteiger partial charge in [0.05, 0.1) is 5.69 Å². The summed E-state index contributed by atoms with van der Waals surface area (Å²) in [6, 6.07) is 12.7. The van der Waals surface area contributed by atoms with Gasteiger partial charge < -0.3 is 9.72 Å². The smallest absolute Gasteiger partial charge is 0.251 e. The molecule has 1 N–H and O–H groups in total. The molecule has 0 unspecified atom stereocenters. The van der Waals surface area contributed by atoms with E-state index in [4.69, 9.17) is 11.6 Å². The van der Waals surface area contributed by atoms with Crippen molar-refractivity contribution in [3.63, 3.8) is 0 Å². The first kappa shape index (κ1) is 13.6. The summed E-state index contributed by atoms with van der Waals surface area (Å²) in [6.07, 6.45) is 4.63. The quantitative estimate of drug-likeness (QED) is 0.805. The summed E-state index contributed by atoms with van der Waals surface area (Å²) in [6.45, 7) is 0.547. The number of carbonyl (C=O) groups excluding carboxylic acids is 1. The van der Waals surface area contributed by atoms with Crippen molar-refractivity contribution in [2.45, 2.75) is 6.42 Å². The fraction of sp³-hybridized carbons (Fsp3) is 0.125. The van der Waals surface area contributed by atoms with E-state index in [9.17, 15) is 4.79 Å². The lowest BCUT2D eigenvalue weighted by atomic mass is 10.2. The summed E-state index contributed by atoms with van der Waals surface area (Å²) in [5, 5.41) is 3.50. The first-order chi connectivity index (χ1) is 10.2. The van der Waals surface area contributed by atoms with Crippen LogP contribution in [0.3, 0.4) is 0 Å². The second-order valence-corrected chi connectivity index (χ2v) is 5.15. The molecule has 21 heavy (non-hydrogen) atoms. The minimum Gasteiger partial charge on any atom is -0.352 e. The van der Waals surface area contributed by atoms with Crippen LogP contribution in [0.1, 0.15) is 16.1 Å². The van der Waals surface area contributed by atoms with E-state index in [-0.39, 0.29) is 5.91 Å². The van der Waals surface area contributed by atoms with Gasteiger partial charge in [-0.25, -0.2) is 4.98 Å². The molecule has 2 heterocycles. The minimum atomic E-state index is -0.101. The lowest BCUT2D eigenvalue weighted by molar-refractivity contribution is 0.0954. The maximum Gasteiger partial charge on any atom is 0.251 e. The summed E-state index contributed by atoms with van der Waals surface area (Å²) >= 11 is 5.80. The molecule has 106 valence electrons. The Hall–Kier alpha value is -2.33. The molecule has 0 atom stereocenters. The third-order valence-electron chi connectivity index (χ3n) is 3.19. The molecule has 0 fully saturated rings. The number of carbonyl (C=O) groups is 1. The topological polar surface area (TPSA) is 46.4 Å². The van der Waals surface area contributed by atoms with Gasteiger partial charge in [0.2, 0.25) is 0 Å². The number of nitrogens with one attached hydrogen (secondary N) is 1. The van der Waals surface area contributed by atoms with E-state index >= 15 is 0 Å². The van der Waals surface area contributed by atoms with Crippen molar-refractivity contribution in [2.24, 2.45) is 0 Å². The second-order valence-electron chi connectivity index (χ2n) is 4.71. The van der Waals surface area contributed by atoms with E-state index < -0.39 is 0 Å². The lowest BCUT2D eigenvalue weighted by Gasteiger charge is -2.03. The largest absolute Gasteiger partial charge is 0.352 e. The Morgan fingerprint density at radius 2 is 2.00 bits per heavy atom. The van der Waals surface area contributed by atoms with Crippen LogP contribution in [0.15, 0.2) is 54.9 Å². The van der Waals surface area contributed by atoms with Gasteiger partial charge in [-0.2, -0.15) is 0 Å². The number of hydrogen-bond acceptors (Lipinski definition) is 2. The highest BCUT2D eigenvalue weighted by atomic mass is 35.5. The molecule has 1 amide bonds. The van der Waals surface area contributed by atoms with Crippen LogP contribution in [0.5, 0.6) is 0 Å². The summed E-state index contributed by atoms with van der Waals surface area (Å²) in [5.74, 6) is -0.101. The SMILES string of the molecule is O=C(NCCc1cn2ccccc2n1)c1ccc(Cl)cc1. The Bertz CT molecular complexity index is 732. The predicted octanol–water partition coefficient (Wildman–Crippen LogP) is 2.96. The lowest BCUT2D eigenvalue weighted by Crippen LogP contribution is -2.25. The standard InChI is InChI=1S/C16H14ClN3O/c17-13-6-4-12(5-7-13)16(21)18-9-8-14-11-20-10-2-1-3-15(20)19-14/h1-7,10-11H,8-9H2,(H,18,21). The van der Waals surface area contributed by atoms with Crippen molar-refractivity contribution in [3.05, 3.63) is 71.1 Å². The van der Waals surface area contributed by atoms with Gasteiger partial charge in [-0.05, 0) is 36.4 Å². The van der Waals surface area contributed by atoms with Crippen LogP contribution in [-0.4, -0.2) is 21.8 Å². The number of amides is 1. The van der Waals surface area contributed by atoms with E-state index in [2.05, 4.69) is 10.3 Å². The summed E-state index contributed by atoms with van der Waals surface area (Å²) in [7, 11) is 0. The number of fused-ring (bicyclic) bond motifs is 1. The summed E-state index contributed by atoms with van der Waals surface area (Å²) in [5.41, 5.74) is 2.48. The molecule has 4 nitrogen and oxygen atoms in total. The number of pyridine rings is 1. The van der Waals surface area contributed by atoms with Crippen LogP contribution >= 0.6 is 11.6 Å². The summed E-state index contributed by atoms with van der Waals surface area (Å²) in [4.78, 5) is 16.4. The Balaban J connectivity index is 1.58. The van der Waals surface area contributed by atoms with E-state index in [0.29, 0.717) is 23.6 Å². The fourth-order valence-electron chi connectivity index (χ4n) is 2.12. The molecule has 3 rings (SSSR count). The number of rotatable bonds is 4. The zero-order valence-corrected chi connectivity index (χ0v) is 12.0. The first-order valence-electron chi connectivity index (χ1n) is 6.69. The van der Waals surface area contributed by atoms with E-state index in [1.54, 1.807) is 24.3 Å². The van der Waals surface area contributed by atoms with E-state index in [0.717, 1.165) is 11.3 Å². The molecular formula is C16H14ClN3O. The zero-order chi connectivity index (χ0) is 14.7. The van der Waals surface area contributed by atoms with Gasteiger partial charge in [0, 0.05) is 35.9 Å². The Morgan fingerprint density at radius 1 is 1.19 bits per heavy atom. The highest BCUT2D eigenvalue weighted by Crippen LogP contribution is 2.09. The normalized spacial score (nSPS) is 10.7. The molecular weight excluding hydrogens is 286 g/mol. The molecule has 3 aromatic rings. The van der Waals surface area contributed by atoms with Crippen molar-refractivity contribution >= 4 is 23.2 Å². The van der Waals surface area contributed by atoms with Crippen molar-refractivity contribution < 1.29 is 4.79 Å². The molecule has 0 saturated heterocycles. The van der Waals surface area contributed by atoms with E-state index in [1.807, 2.05) is 35.0 Å². The van der Waals surface area contributed by atoms with Crippen molar-refractivity contribution in [1.29, 1.82) is 0 Å². The third kappa shape index (κ3) is 3.23. The maximum absolute atomic E-state index is 11.9. The van der Waals surface area contributed by atoms with Gasteiger partial charge in [0.25, 0.3) is 5.91 Å².